The van der Waals surface area contributed by atoms with Gasteiger partial charge in [0.2, 0.25) is 0 Å². The number of carbonyl (C=O) groups is 2. The number of imidazole rings is 1. The number of hydrogen-bond donors (Lipinski definition) is 1. The summed E-state index contributed by atoms with van der Waals surface area (Å²) in [5.74, 6) is 0.347. The number of aromatic nitrogens is 2. The van der Waals surface area contributed by atoms with Crippen LogP contribution in [-0.4, -0.2) is 35.1 Å². The molecule has 0 unspecified atom stereocenters. The van der Waals surface area contributed by atoms with Crippen molar-refractivity contribution in [3.63, 3.8) is 0 Å². The van der Waals surface area contributed by atoms with Gasteiger partial charge in [-0.1, -0.05) is 6.08 Å². The third kappa shape index (κ3) is 3.52. The number of esters is 1. The molecule has 1 amide bonds. The van der Waals surface area contributed by atoms with Crippen molar-refractivity contribution in [3.8, 4) is 0 Å². The van der Waals surface area contributed by atoms with Gasteiger partial charge >= 0.3 is 5.97 Å². The van der Waals surface area contributed by atoms with Gasteiger partial charge in [0.1, 0.15) is 5.82 Å². The first-order chi connectivity index (χ1) is 10.5. The predicted molar refractivity (Wildman–Crippen MR) is 83.6 cm³/mol. The smallest absolute Gasteiger partial charge is 0.330 e. The zero-order chi connectivity index (χ0) is 16.1. The van der Waals surface area contributed by atoms with Crippen LogP contribution in [0.15, 0.2) is 30.4 Å². The third-order valence-electron chi connectivity index (χ3n) is 3.42. The van der Waals surface area contributed by atoms with E-state index in [0.29, 0.717) is 18.5 Å². The molecule has 0 radical (unpaired) electrons. The molecular formula is C16H19N3O3. The molecule has 6 heteroatoms. The summed E-state index contributed by atoms with van der Waals surface area (Å²) in [5, 5.41) is 2.80. The summed E-state index contributed by atoms with van der Waals surface area (Å²) in [6, 6.07) is 5.45. The van der Waals surface area contributed by atoms with Crippen LogP contribution in [0.3, 0.4) is 0 Å². The molecule has 0 saturated carbocycles. The van der Waals surface area contributed by atoms with Gasteiger partial charge in [-0.2, -0.15) is 0 Å². The van der Waals surface area contributed by atoms with Crippen molar-refractivity contribution in [2.45, 2.75) is 13.3 Å². The van der Waals surface area contributed by atoms with Crippen molar-refractivity contribution < 1.29 is 14.3 Å². The number of nitrogens with one attached hydrogen (secondary N) is 1. The molecule has 1 N–H and O–H groups in total. The van der Waals surface area contributed by atoms with Crippen LogP contribution in [0.1, 0.15) is 22.6 Å². The molecule has 0 aliphatic heterocycles. The highest BCUT2D eigenvalue weighted by Gasteiger charge is 2.09. The molecule has 0 bridgehead atoms. The number of benzene rings is 1. The van der Waals surface area contributed by atoms with Crippen LogP contribution in [-0.2, 0) is 16.6 Å². The van der Waals surface area contributed by atoms with Crippen LogP contribution in [0.4, 0.5) is 0 Å². The van der Waals surface area contributed by atoms with Gasteiger partial charge in [0.05, 0.1) is 18.1 Å². The fraction of sp³-hybridized carbons (Fsp3) is 0.312. The van der Waals surface area contributed by atoms with Gasteiger partial charge < -0.3 is 14.6 Å². The first-order valence-electron chi connectivity index (χ1n) is 6.98. The van der Waals surface area contributed by atoms with E-state index in [1.165, 1.54) is 13.2 Å². The minimum absolute atomic E-state index is 0.156. The van der Waals surface area contributed by atoms with E-state index in [2.05, 4.69) is 15.0 Å². The average molecular weight is 301 g/mol. The van der Waals surface area contributed by atoms with Gasteiger partial charge in [-0.25, -0.2) is 9.78 Å². The second-order valence-electron chi connectivity index (χ2n) is 4.89. The second-order valence-corrected chi connectivity index (χ2v) is 4.89. The van der Waals surface area contributed by atoms with Crippen LogP contribution in [0.25, 0.3) is 11.0 Å². The summed E-state index contributed by atoms with van der Waals surface area (Å²) in [6.07, 6.45) is 3.57. The average Bonchev–Trinajstić information content (AvgIpc) is 2.80. The molecular weight excluding hydrogens is 282 g/mol. The van der Waals surface area contributed by atoms with Crippen LogP contribution >= 0.6 is 0 Å². The Bertz CT molecular complexity index is 732. The van der Waals surface area contributed by atoms with E-state index in [1.807, 2.05) is 24.6 Å². The van der Waals surface area contributed by atoms with E-state index in [9.17, 15) is 9.59 Å². The van der Waals surface area contributed by atoms with Crippen molar-refractivity contribution in [3.05, 3.63) is 41.7 Å². The molecule has 0 spiro atoms. The van der Waals surface area contributed by atoms with E-state index < -0.39 is 5.97 Å². The Morgan fingerprint density at radius 2 is 2.18 bits per heavy atom. The normalized spacial score (nSPS) is 11.0. The maximum atomic E-state index is 12.1. The molecule has 0 fully saturated rings. The van der Waals surface area contributed by atoms with Crippen molar-refractivity contribution in [2.75, 3.05) is 13.7 Å². The second kappa shape index (κ2) is 6.89. The monoisotopic (exact) mass is 301 g/mol. The van der Waals surface area contributed by atoms with E-state index >= 15 is 0 Å². The molecule has 0 saturated heterocycles. The lowest BCUT2D eigenvalue weighted by atomic mass is 10.2. The van der Waals surface area contributed by atoms with Crippen LogP contribution in [0, 0.1) is 6.92 Å². The summed E-state index contributed by atoms with van der Waals surface area (Å²) in [5.41, 5.74) is 2.37. The number of amides is 1. The van der Waals surface area contributed by atoms with E-state index in [-0.39, 0.29) is 5.91 Å². The lowest BCUT2D eigenvalue weighted by Crippen LogP contribution is -2.24. The Labute approximate surface area is 128 Å². The number of carbonyl (C=O) groups excluding carboxylic acids is 2. The maximum absolute atomic E-state index is 12.1. The largest absolute Gasteiger partial charge is 0.466 e. The first kappa shape index (κ1) is 15.8. The summed E-state index contributed by atoms with van der Waals surface area (Å²) in [4.78, 5) is 27.4. The molecule has 116 valence electrons. The number of ether oxygens (including phenoxy) is 1. The van der Waals surface area contributed by atoms with E-state index in [1.54, 1.807) is 18.2 Å². The number of rotatable bonds is 5. The molecule has 1 aromatic carbocycles. The molecule has 1 heterocycles. The third-order valence-corrected chi connectivity index (χ3v) is 3.42. The fourth-order valence-electron chi connectivity index (χ4n) is 2.08. The number of aryl methyl sites for hydroxylation is 2. The van der Waals surface area contributed by atoms with Crippen molar-refractivity contribution in [2.24, 2.45) is 7.05 Å². The van der Waals surface area contributed by atoms with Gasteiger partial charge in [-0.3, -0.25) is 4.79 Å². The molecule has 0 atom stereocenters. The maximum Gasteiger partial charge on any atom is 0.330 e. The van der Waals surface area contributed by atoms with Crippen molar-refractivity contribution in [1.82, 2.24) is 14.9 Å². The summed E-state index contributed by atoms with van der Waals surface area (Å²) < 4.78 is 6.46. The highest BCUT2D eigenvalue weighted by atomic mass is 16.5. The van der Waals surface area contributed by atoms with Crippen LogP contribution in [0.5, 0.6) is 0 Å². The van der Waals surface area contributed by atoms with Gasteiger partial charge in [0.25, 0.3) is 5.91 Å². The number of fused-ring (bicyclic) bond motifs is 1. The van der Waals surface area contributed by atoms with Crippen LogP contribution in [0.2, 0.25) is 0 Å². The lowest BCUT2D eigenvalue weighted by molar-refractivity contribution is -0.134. The molecule has 0 aliphatic rings. The standard InChI is InChI=1S/C16H19N3O3/c1-11-18-13-10-12(7-8-14(13)19(11)2)16(21)17-9-5-4-6-15(20)22-3/h4,6-8,10H,5,9H2,1-3H3,(H,17,21)/b6-4+. The van der Waals surface area contributed by atoms with Gasteiger partial charge in [0, 0.05) is 25.2 Å². The predicted octanol–water partition coefficient (Wildman–Crippen LogP) is 1.73. The lowest BCUT2D eigenvalue weighted by Gasteiger charge is -2.04. The van der Waals surface area contributed by atoms with E-state index in [4.69, 9.17) is 0 Å². The zero-order valence-corrected chi connectivity index (χ0v) is 12.9. The summed E-state index contributed by atoms with van der Waals surface area (Å²) >= 11 is 0. The van der Waals surface area contributed by atoms with Crippen LogP contribution < -0.4 is 5.32 Å². The summed E-state index contributed by atoms with van der Waals surface area (Å²) in [6.45, 7) is 2.37. The zero-order valence-electron chi connectivity index (χ0n) is 12.9. The number of nitrogens with zero attached hydrogens (tertiary/aromatic N) is 2. The van der Waals surface area contributed by atoms with Gasteiger partial charge in [-0.05, 0) is 31.5 Å². The molecule has 22 heavy (non-hydrogen) atoms. The fourth-order valence-corrected chi connectivity index (χ4v) is 2.08. The van der Waals surface area contributed by atoms with Gasteiger partial charge in [-0.15, -0.1) is 0 Å². The number of methoxy groups -OCH3 is 1. The van der Waals surface area contributed by atoms with Crippen molar-refractivity contribution in [1.29, 1.82) is 0 Å². The Kier molecular flexibility index (Phi) is 4.93. The quantitative estimate of drug-likeness (QED) is 0.518. The Morgan fingerprint density at radius 1 is 1.41 bits per heavy atom. The highest BCUT2D eigenvalue weighted by Crippen LogP contribution is 2.16. The van der Waals surface area contributed by atoms with Gasteiger partial charge in [0.15, 0.2) is 0 Å². The highest BCUT2D eigenvalue weighted by molar-refractivity contribution is 5.97. The SMILES string of the molecule is COC(=O)/C=C/CCNC(=O)c1ccc2c(c1)nc(C)n2C. The topological polar surface area (TPSA) is 73.2 Å². The molecule has 6 nitrogen and oxygen atoms in total. The Morgan fingerprint density at radius 3 is 2.91 bits per heavy atom. The minimum Gasteiger partial charge on any atom is -0.466 e. The Balaban J connectivity index is 1.95. The minimum atomic E-state index is -0.401. The summed E-state index contributed by atoms with van der Waals surface area (Å²) in [7, 11) is 3.27. The van der Waals surface area contributed by atoms with Crippen molar-refractivity contribution >= 4 is 22.9 Å². The number of hydrogen-bond acceptors (Lipinski definition) is 4. The molecule has 2 rings (SSSR count). The Hall–Kier alpha value is -2.63. The molecule has 2 aromatic rings. The van der Waals surface area contributed by atoms with E-state index in [0.717, 1.165) is 16.9 Å². The molecule has 0 aliphatic carbocycles. The first-order valence-corrected chi connectivity index (χ1v) is 6.98. The molecule has 1 aromatic heterocycles.